The maximum atomic E-state index is 11.9. The number of aliphatic imine (C=N–C) groups is 1. The number of hydrogen-bond acceptors (Lipinski definition) is 4. The second-order valence-corrected chi connectivity index (χ2v) is 8.34. The molecule has 1 aliphatic rings. The fourth-order valence-corrected chi connectivity index (χ4v) is 3.61. The number of ether oxygens (including phenoxy) is 1. The van der Waals surface area contributed by atoms with Gasteiger partial charge in [-0.2, -0.15) is 0 Å². The third kappa shape index (κ3) is 5.19. The number of methoxy groups -OCH3 is 1. The Kier molecular flexibility index (Phi) is 7.11. The smallest absolute Gasteiger partial charge is 0.314 e. The molecule has 0 radical (unpaired) electrons. The van der Waals surface area contributed by atoms with Gasteiger partial charge in [-0.25, -0.2) is 4.99 Å². The Balaban J connectivity index is 0.000000196. The number of fused-ring (bicyclic) bond motifs is 2. The molecule has 1 unspecified atom stereocenters. The first-order chi connectivity index (χ1) is 14.4. The first kappa shape index (κ1) is 21.8. The monoisotopic (exact) mass is 466 g/mol. The zero-order valence-corrected chi connectivity index (χ0v) is 18.7. The fraction of sp³-hybridized carbons (Fsp3) is 0.250. The Morgan fingerprint density at radius 1 is 1.10 bits per heavy atom. The van der Waals surface area contributed by atoms with E-state index in [4.69, 9.17) is 4.74 Å². The molecule has 4 rings (SSSR count). The molecule has 154 valence electrons. The van der Waals surface area contributed by atoms with Crippen molar-refractivity contribution in [1.82, 2.24) is 4.98 Å². The molecule has 3 aromatic rings. The number of hydrogen-bond donors (Lipinski definition) is 0. The second-order valence-electron chi connectivity index (χ2n) is 7.43. The number of nitrogens with zero attached hydrogens (tertiary/aromatic N) is 2. The highest BCUT2D eigenvalue weighted by atomic mass is 79.9. The van der Waals surface area contributed by atoms with Crippen molar-refractivity contribution in [2.24, 2.45) is 10.9 Å². The van der Waals surface area contributed by atoms with Gasteiger partial charge >= 0.3 is 5.97 Å². The van der Waals surface area contributed by atoms with Gasteiger partial charge in [-0.1, -0.05) is 60.1 Å². The Bertz CT molecular complexity index is 1110. The molecule has 1 aromatic heterocycles. The van der Waals surface area contributed by atoms with Crippen molar-refractivity contribution >= 4 is 44.9 Å². The van der Waals surface area contributed by atoms with Gasteiger partial charge in [-0.15, -0.1) is 0 Å². The van der Waals surface area contributed by atoms with Gasteiger partial charge in [0.15, 0.2) is 0 Å². The van der Waals surface area contributed by atoms with E-state index >= 15 is 0 Å². The SMILES string of the molecule is COC(=O)C(CC(C)C)c1ccc2ccccc2n1.O=C1N=Cc2ccc(Br)cc21. The van der Waals surface area contributed by atoms with Crippen molar-refractivity contribution in [3.8, 4) is 0 Å². The van der Waals surface area contributed by atoms with Crippen LogP contribution in [0.15, 0.2) is 64.1 Å². The fourth-order valence-electron chi connectivity index (χ4n) is 3.25. The van der Waals surface area contributed by atoms with E-state index in [9.17, 15) is 9.59 Å². The summed E-state index contributed by atoms with van der Waals surface area (Å²) in [6.07, 6.45) is 2.34. The van der Waals surface area contributed by atoms with Crippen LogP contribution >= 0.6 is 15.9 Å². The van der Waals surface area contributed by atoms with Crippen molar-refractivity contribution in [2.75, 3.05) is 7.11 Å². The first-order valence-electron chi connectivity index (χ1n) is 9.70. The Hall–Kier alpha value is -2.86. The number of rotatable bonds is 4. The Morgan fingerprint density at radius 2 is 1.87 bits per heavy atom. The van der Waals surface area contributed by atoms with Gasteiger partial charge in [0.2, 0.25) is 0 Å². The van der Waals surface area contributed by atoms with Crippen LogP contribution in [0.4, 0.5) is 0 Å². The second kappa shape index (κ2) is 9.76. The van der Waals surface area contributed by atoms with Gasteiger partial charge in [-0.05, 0) is 36.6 Å². The number of carbonyl (C=O) groups is 2. The van der Waals surface area contributed by atoms with Crippen molar-refractivity contribution in [3.05, 3.63) is 75.9 Å². The van der Waals surface area contributed by atoms with E-state index in [-0.39, 0.29) is 17.8 Å². The van der Waals surface area contributed by atoms with E-state index in [2.05, 4.69) is 39.8 Å². The summed E-state index contributed by atoms with van der Waals surface area (Å²) in [5.74, 6) is -0.232. The average molecular weight is 467 g/mol. The molecule has 0 aliphatic carbocycles. The van der Waals surface area contributed by atoms with Gasteiger partial charge in [0, 0.05) is 21.6 Å². The molecule has 0 saturated carbocycles. The largest absolute Gasteiger partial charge is 0.469 e. The number of esters is 1. The highest BCUT2D eigenvalue weighted by molar-refractivity contribution is 9.10. The predicted molar refractivity (Wildman–Crippen MR) is 122 cm³/mol. The molecule has 6 heteroatoms. The molecule has 0 saturated heterocycles. The predicted octanol–water partition coefficient (Wildman–Crippen LogP) is 5.56. The van der Waals surface area contributed by atoms with Crippen molar-refractivity contribution < 1.29 is 14.3 Å². The van der Waals surface area contributed by atoms with Crippen LogP contribution in [0.25, 0.3) is 10.9 Å². The van der Waals surface area contributed by atoms with E-state index in [1.807, 2.05) is 48.5 Å². The first-order valence-corrected chi connectivity index (χ1v) is 10.5. The molecule has 0 bridgehead atoms. The molecular weight excluding hydrogens is 444 g/mol. The molecule has 2 heterocycles. The number of aromatic nitrogens is 1. The third-order valence-electron chi connectivity index (χ3n) is 4.74. The standard InChI is InChI=1S/C16H19NO2.C8H4BrNO/c1-11(2)10-13(16(18)19-3)15-9-8-12-6-4-5-7-14(12)17-15;9-6-2-1-5-4-10-8(11)7(5)3-6/h4-9,11,13H,10H2,1-3H3;1-4H. The number of para-hydroxylation sites is 1. The summed E-state index contributed by atoms with van der Waals surface area (Å²) in [4.78, 5) is 31.2. The number of amides is 1. The minimum atomic E-state index is -0.283. The molecule has 0 spiro atoms. The van der Waals surface area contributed by atoms with Crippen LogP contribution < -0.4 is 0 Å². The maximum Gasteiger partial charge on any atom is 0.314 e. The van der Waals surface area contributed by atoms with Crippen molar-refractivity contribution in [1.29, 1.82) is 0 Å². The van der Waals surface area contributed by atoms with Crippen molar-refractivity contribution in [3.63, 3.8) is 0 Å². The zero-order chi connectivity index (χ0) is 21.7. The molecule has 1 atom stereocenters. The van der Waals surface area contributed by atoms with Gasteiger partial charge < -0.3 is 4.74 Å². The van der Waals surface area contributed by atoms with Crippen LogP contribution in [0.5, 0.6) is 0 Å². The van der Waals surface area contributed by atoms with Crippen LogP contribution in [0.1, 0.15) is 47.8 Å². The highest BCUT2D eigenvalue weighted by Gasteiger charge is 2.24. The lowest BCUT2D eigenvalue weighted by Crippen LogP contribution is -2.17. The van der Waals surface area contributed by atoms with E-state index in [0.717, 1.165) is 33.1 Å². The Labute approximate surface area is 184 Å². The molecule has 1 aliphatic heterocycles. The van der Waals surface area contributed by atoms with Crippen LogP contribution in [0.2, 0.25) is 0 Å². The normalized spacial score (nSPS) is 13.0. The lowest BCUT2D eigenvalue weighted by molar-refractivity contribution is -0.142. The number of pyridine rings is 1. The molecule has 0 fully saturated rings. The summed E-state index contributed by atoms with van der Waals surface area (Å²) in [7, 11) is 1.43. The Morgan fingerprint density at radius 3 is 2.60 bits per heavy atom. The highest BCUT2D eigenvalue weighted by Crippen LogP contribution is 2.25. The minimum Gasteiger partial charge on any atom is -0.469 e. The van der Waals surface area contributed by atoms with E-state index in [0.29, 0.717) is 11.5 Å². The maximum absolute atomic E-state index is 11.9. The van der Waals surface area contributed by atoms with Crippen LogP contribution in [-0.4, -0.2) is 30.2 Å². The van der Waals surface area contributed by atoms with Gasteiger partial charge in [-0.3, -0.25) is 14.6 Å². The number of benzene rings is 2. The molecule has 2 aromatic carbocycles. The average Bonchev–Trinajstić information content (AvgIpc) is 3.11. The number of carbonyl (C=O) groups excluding carboxylic acids is 2. The quantitative estimate of drug-likeness (QED) is 0.472. The minimum absolute atomic E-state index is 0.152. The summed E-state index contributed by atoms with van der Waals surface area (Å²) in [6.45, 7) is 4.19. The van der Waals surface area contributed by atoms with E-state index in [1.54, 1.807) is 12.3 Å². The van der Waals surface area contributed by atoms with Gasteiger partial charge in [0.1, 0.15) is 0 Å². The molecule has 1 amide bonds. The molecule has 0 N–H and O–H groups in total. The third-order valence-corrected chi connectivity index (χ3v) is 5.23. The number of halogens is 1. The summed E-state index contributed by atoms with van der Waals surface area (Å²) in [6, 6.07) is 17.4. The van der Waals surface area contributed by atoms with Crippen LogP contribution in [0.3, 0.4) is 0 Å². The molecule has 30 heavy (non-hydrogen) atoms. The zero-order valence-electron chi connectivity index (χ0n) is 17.1. The van der Waals surface area contributed by atoms with Gasteiger partial charge in [0.05, 0.1) is 29.8 Å². The van der Waals surface area contributed by atoms with E-state index in [1.165, 1.54) is 7.11 Å². The summed E-state index contributed by atoms with van der Waals surface area (Å²) in [5, 5.41) is 1.08. The lowest BCUT2D eigenvalue weighted by atomic mass is 9.93. The summed E-state index contributed by atoms with van der Waals surface area (Å²) >= 11 is 3.28. The molecular formula is C24H23BrN2O3. The van der Waals surface area contributed by atoms with Crippen LogP contribution in [0, 0.1) is 5.92 Å². The van der Waals surface area contributed by atoms with Crippen molar-refractivity contribution in [2.45, 2.75) is 26.2 Å². The molecule has 5 nitrogen and oxygen atoms in total. The van der Waals surface area contributed by atoms with Gasteiger partial charge in [0.25, 0.3) is 5.91 Å². The van der Waals surface area contributed by atoms with E-state index < -0.39 is 0 Å². The topological polar surface area (TPSA) is 68.6 Å². The summed E-state index contributed by atoms with van der Waals surface area (Å²) in [5.41, 5.74) is 3.29. The van der Waals surface area contributed by atoms with Crippen LogP contribution in [-0.2, 0) is 9.53 Å². The summed E-state index contributed by atoms with van der Waals surface area (Å²) < 4.78 is 5.81. The lowest BCUT2D eigenvalue weighted by Gasteiger charge is -2.16.